The smallest absolute Gasteiger partial charge is 0.142 e. The van der Waals surface area contributed by atoms with E-state index < -0.39 is 17.7 Å². The molecule has 1 aromatic carbocycles. The van der Waals surface area contributed by atoms with Crippen LogP contribution in [0, 0.1) is 5.82 Å². The Morgan fingerprint density at radius 1 is 1.57 bits per heavy atom. The fraction of sp³-hybridized carbons (Fsp3) is 0.333. The summed E-state index contributed by atoms with van der Waals surface area (Å²) in [5.41, 5.74) is -0.174. The lowest BCUT2D eigenvalue weighted by molar-refractivity contribution is 0.169. The van der Waals surface area contributed by atoms with Crippen LogP contribution in [0.2, 0.25) is 5.02 Å². The molecule has 0 bridgehead atoms. The molecular weight excluding hydrogens is 209 g/mol. The number of benzene rings is 1. The lowest BCUT2D eigenvalue weighted by Gasteiger charge is -2.13. The first-order valence-electron chi connectivity index (χ1n) is 4.07. The predicted molar refractivity (Wildman–Crippen MR) is 52.0 cm³/mol. The van der Waals surface area contributed by atoms with Gasteiger partial charge in [-0.2, -0.15) is 0 Å². The van der Waals surface area contributed by atoms with Crippen molar-refractivity contribution in [2.75, 3.05) is 13.6 Å². The number of aliphatic hydroxyl groups excluding tert-OH is 1. The van der Waals surface area contributed by atoms with Crippen molar-refractivity contribution in [1.82, 2.24) is 5.32 Å². The Balaban J connectivity index is 3.11. The Labute approximate surface area is 86.1 Å². The summed E-state index contributed by atoms with van der Waals surface area (Å²) < 4.78 is 13.2. The number of hydrogen-bond acceptors (Lipinski definition) is 3. The first-order valence-corrected chi connectivity index (χ1v) is 4.45. The highest BCUT2D eigenvalue weighted by Gasteiger charge is 2.18. The Morgan fingerprint density at radius 3 is 2.79 bits per heavy atom. The van der Waals surface area contributed by atoms with E-state index in [-0.39, 0.29) is 17.1 Å². The van der Waals surface area contributed by atoms with Gasteiger partial charge in [0.1, 0.15) is 11.6 Å². The van der Waals surface area contributed by atoms with E-state index in [1.165, 1.54) is 6.07 Å². The van der Waals surface area contributed by atoms with Gasteiger partial charge in [-0.05, 0) is 19.2 Å². The van der Waals surface area contributed by atoms with Gasteiger partial charge < -0.3 is 15.5 Å². The van der Waals surface area contributed by atoms with Crippen LogP contribution in [0.4, 0.5) is 4.39 Å². The van der Waals surface area contributed by atoms with E-state index in [9.17, 15) is 14.6 Å². The minimum atomic E-state index is -1.11. The van der Waals surface area contributed by atoms with Crippen LogP contribution < -0.4 is 5.32 Å². The van der Waals surface area contributed by atoms with E-state index in [2.05, 4.69) is 5.32 Å². The first kappa shape index (κ1) is 11.2. The van der Waals surface area contributed by atoms with Crippen LogP contribution in [0.1, 0.15) is 11.7 Å². The van der Waals surface area contributed by atoms with Gasteiger partial charge in [0.05, 0.1) is 16.7 Å². The molecule has 1 unspecified atom stereocenters. The Hall–Kier alpha value is -0.840. The van der Waals surface area contributed by atoms with Gasteiger partial charge in [0.15, 0.2) is 0 Å². The van der Waals surface area contributed by atoms with Crippen molar-refractivity contribution in [3.05, 3.63) is 28.5 Å². The van der Waals surface area contributed by atoms with E-state index >= 15 is 0 Å². The first-order chi connectivity index (χ1) is 6.57. The summed E-state index contributed by atoms with van der Waals surface area (Å²) in [6.07, 6.45) is -1.11. The quantitative estimate of drug-likeness (QED) is 0.721. The molecule has 1 atom stereocenters. The van der Waals surface area contributed by atoms with Gasteiger partial charge in [-0.3, -0.25) is 0 Å². The molecule has 0 heterocycles. The van der Waals surface area contributed by atoms with Crippen LogP contribution in [0.3, 0.4) is 0 Å². The van der Waals surface area contributed by atoms with Gasteiger partial charge in [-0.1, -0.05) is 11.6 Å². The molecule has 0 fully saturated rings. The third kappa shape index (κ3) is 2.15. The van der Waals surface area contributed by atoms with Crippen LogP contribution in [-0.4, -0.2) is 23.8 Å². The Kier molecular flexibility index (Phi) is 3.69. The minimum Gasteiger partial charge on any atom is -0.506 e. The van der Waals surface area contributed by atoms with Crippen molar-refractivity contribution >= 4 is 11.6 Å². The molecule has 0 aliphatic heterocycles. The van der Waals surface area contributed by atoms with Crippen molar-refractivity contribution in [3.8, 4) is 5.75 Å². The number of aliphatic hydroxyl groups is 1. The van der Waals surface area contributed by atoms with Crippen molar-refractivity contribution in [2.45, 2.75) is 6.10 Å². The number of halogens is 2. The van der Waals surface area contributed by atoms with Crippen LogP contribution in [0.5, 0.6) is 5.75 Å². The molecule has 78 valence electrons. The predicted octanol–water partition coefficient (Wildman–Crippen LogP) is 1.44. The number of rotatable bonds is 3. The van der Waals surface area contributed by atoms with Crippen LogP contribution in [-0.2, 0) is 0 Å². The van der Waals surface area contributed by atoms with Crippen LogP contribution in [0.25, 0.3) is 0 Å². The summed E-state index contributed by atoms with van der Waals surface area (Å²) in [4.78, 5) is 0. The Morgan fingerprint density at radius 2 is 2.21 bits per heavy atom. The topological polar surface area (TPSA) is 52.5 Å². The van der Waals surface area contributed by atoms with Crippen molar-refractivity contribution in [1.29, 1.82) is 0 Å². The van der Waals surface area contributed by atoms with Gasteiger partial charge in [-0.15, -0.1) is 0 Å². The molecule has 1 rings (SSSR count). The molecule has 0 saturated heterocycles. The minimum absolute atomic E-state index is 0.0246. The molecule has 0 aromatic heterocycles. The highest BCUT2D eigenvalue weighted by atomic mass is 35.5. The average Bonchev–Trinajstić information content (AvgIpc) is 2.13. The lowest BCUT2D eigenvalue weighted by atomic mass is 10.1. The van der Waals surface area contributed by atoms with E-state index in [1.807, 2.05) is 0 Å². The third-order valence-corrected chi connectivity index (χ3v) is 2.15. The van der Waals surface area contributed by atoms with Crippen LogP contribution in [0.15, 0.2) is 12.1 Å². The molecule has 0 amide bonds. The number of likely N-dealkylation sites (N-methyl/N-ethyl adjacent to an activating group) is 1. The standard InChI is InChI=1S/C9H11ClFNO2/c1-12-4-7(13)8-6(11)3-2-5(10)9(8)14/h2-3,7,12-14H,4H2,1H3. The largest absolute Gasteiger partial charge is 0.506 e. The van der Waals surface area contributed by atoms with E-state index in [1.54, 1.807) is 7.05 Å². The van der Waals surface area contributed by atoms with Gasteiger partial charge in [0, 0.05) is 6.54 Å². The molecule has 1 aromatic rings. The highest BCUT2D eigenvalue weighted by molar-refractivity contribution is 6.32. The highest BCUT2D eigenvalue weighted by Crippen LogP contribution is 2.33. The van der Waals surface area contributed by atoms with E-state index in [0.29, 0.717) is 0 Å². The van der Waals surface area contributed by atoms with Crippen molar-refractivity contribution in [2.24, 2.45) is 0 Å². The summed E-state index contributed by atoms with van der Waals surface area (Å²) >= 11 is 5.58. The zero-order valence-corrected chi connectivity index (χ0v) is 8.35. The number of hydrogen-bond donors (Lipinski definition) is 3. The number of phenols is 1. The van der Waals surface area contributed by atoms with Gasteiger partial charge >= 0.3 is 0 Å². The summed E-state index contributed by atoms with van der Waals surface area (Å²) in [6, 6.07) is 2.35. The second-order valence-corrected chi connectivity index (χ2v) is 3.27. The fourth-order valence-electron chi connectivity index (χ4n) is 1.17. The van der Waals surface area contributed by atoms with Gasteiger partial charge in [-0.25, -0.2) is 4.39 Å². The maximum atomic E-state index is 13.2. The normalized spacial score (nSPS) is 12.9. The van der Waals surface area contributed by atoms with E-state index in [0.717, 1.165) is 6.07 Å². The summed E-state index contributed by atoms with van der Waals surface area (Å²) in [5, 5.41) is 21.6. The van der Waals surface area contributed by atoms with Crippen molar-refractivity contribution < 1.29 is 14.6 Å². The number of nitrogens with one attached hydrogen (secondary N) is 1. The molecule has 3 N–H and O–H groups in total. The molecule has 14 heavy (non-hydrogen) atoms. The second-order valence-electron chi connectivity index (χ2n) is 2.86. The van der Waals surface area contributed by atoms with Crippen LogP contribution >= 0.6 is 11.6 Å². The molecular formula is C9H11ClFNO2. The lowest BCUT2D eigenvalue weighted by Crippen LogP contribution is -2.17. The second kappa shape index (κ2) is 4.59. The average molecular weight is 220 g/mol. The SMILES string of the molecule is CNCC(O)c1c(F)ccc(Cl)c1O. The Bertz CT molecular complexity index is 333. The van der Waals surface area contributed by atoms with E-state index in [4.69, 9.17) is 11.6 Å². The molecule has 5 heteroatoms. The fourth-order valence-corrected chi connectivity index (χ4v) is 1.33. The molecule has 3 nitrogen and oxygen atoms in total. The number of phenolic OH excluding ortho intramolecular Hbond substituents is 1. The molecule has 0 saturated carbocycles. The zero-order valence-electron chi connectivity index (χ0n) is 7.59. The monoisotopic (exact) mass is 219 g/mol. The van der Waals surface area contributed by atoms with Crippen molar-refractivity contribution in [3.63, 3.8) is 0 Å². The molecule has 0 spiro atoms. The summed E-state index contributed by atoms with van der Waals surface area (Å²) in [7, 11) is 1.61. The van der Waals surface area contributed by atoms with Gasteiger partial charge in [0.2, 0.25) is 0 Å². The maximum absolute atomic E-state index is 13.2. The number of aromatic hydroxyl groups is 1. The zero-order chi connectivity index (χ0) is 10.7. The summed E-state index contributed by atoms with van der Waals surface area (Å²) in [6.45, 7) is 0.144. The molecule has 0 aliphatic carbocycles. The maximum Gasteiger partial charge on any atom is 0.142 e. The third-order valence-electron chi connectivity index (χ3n) is 1.85. The van der Waals surface area contributed by atoms with Gasteiger partial charge in [0.25, 0.3) is 0 Å². The molecule has 0 aliphatic rings. The summed E-state index contributed by atoms with van der Waals surface area (Å²) in [5.74, 6) is -1.08. The molecule has 0 radical (unpaired) electrons.